The normalized spacial score (nSPS) is 18.6. The number of methoxy groups -OCH3 is 1. The zero-order chi connectivity index (χ0) is 15.2. The van der Waals surface area contributed by atoms with Crippen molar-refractivity contribution in [3.63, 3.8) is 0 Å². The molecule has 114 valence electrons. The molecule has 0 aromatic heterocycles. The summed E-state index contributed by atoms with van der Waals surface area (Å²) in [6, 6.07) is 7.52. The molecule has 1 aromatic carbocycles. The maximum absolute atomic E-state index is 11.9. The summed E-state index contributed by atoms with van der Waals surface area (Å²) >= 11 is 0. The minimum Gasteiger partial charge on any atom is -0.497 e. The SMILES string of the molecule is COc1ccc(CN2CC(CCC(=O)O)OCC2=O)cc1. The van der Waals surface area contributed by atoms with Crippen molar-refractivity contribution >= 4 is 11.9 Å². The number of ether oxygens (including phenoxy) is 2. The Balaban J connectivity index is 1.93. The van der Waals surface area contributed by atoms with Crippen LogP contribution in [0, 0.1) is 0 Å². The van der Waals surface area contributed by atoms with Gasteiger partial charge in [0.1, 0.15) is 12.4 Å². The first-order valence-corrected chi connectivity index (χ1v) is 6.82. The van der Waals surface area contributed by atoms with Gasteiger partial charge in [-0.2, -0.15) is 0 Å². The van der Waals surface area contributed by atoms with Crippen LogP contribution < -0.4 is 4.74 Å². The molecule has 0 saturated carbocycles. The number of amides is 1. The molecule has 6 heteroatoms. The van der Waals surface area contributed by atoms with Gasteiger partial charge in [-0.3, -0.25) is 9.59 Å². The van der Waals surface area contributed by atoms with Crippen LogP contribution >= 0.6 is 0 Å². The van der Waals surface area contributed by atoms with Crippen molar-refractivity contribution in [3.8, 4) is 5.75 Å². The van der Waals surface area contributed by atoms with E-state index in [-0.39, 0.29) is 25.0 Å². The van der Waals surface area contributed by atoms with Gasteiger partial charge < -0.3 is 19.5 Å². The van der Waals surface area contributed by atoms with E-state index in [1.807, 2.05) is 24.3 Å². The Morgan fingerprint density at radius 3 is 2.76 bits per heavy atom. The third-order valence-electron chi connectivity index (χ3n) is 3.43. The number of hydrogen-bond acceptors (Lipinski definition) is 4. The molecule has 1 aliphatic heterocycles. The first-order chi connectivity index (χ1) is 10.1. The van der Waals surface area contributed by atoms with Gasteiger partial charge in [0.05, 0.1) is 13.2 Å². The lowest BCUT2D eigenvalue weighted by molar-refractivity contribution is -0.150. The van der Waals surface area contributed by atoms with Gasteiger partial charge >= 0.3 is 5.97 Å². The zero-order valence-corrected chi connectivity index (χ0v) is 11.9. The average Bonchev–Trinajstić information content (AvgIpc) is 2.48. The van der Waals surface area contributed by atoms with E-state index in [9.17, 15) is 9.59 Å². The molecule has 1 atom stereocenters. The second-order valence-corrected chi connectivity index (χ2v) is 4.99. The van der Waals surface area contributed by atoms with E-state index in [1.54, 1.807) is 12.0 Å². The second kappa shape index (κ2) is 7.08. The van der Waals surface area contributed by atoms with Gasteiger partial charge in [-0.05, 0) is 24.1 Å². The van der Waals surface area contributed by atoms with Crippen LogP contribution in [0.3, 0.4) is 0 Å². The molecular formula is C15H19NO5. The van der Waals surface area contributed by atoms with E-state index >= 15 is 0 Å². The molecule has 1 aromatic rings. The molecule has 6 nitrogen and oxygen atoms in total. The molecule has 1 saturated heterocycles. The smallest absolute Gasteiger partial charge is 0.303 e. The molecular weight excluding hydrogens is 274 g/mol. The van der Waals surface area contributed by atoms with Crippen molar-refractivity contribution in [3.05, 3.63) is 29.8 Å². The molecule has 21 heavy (non-hydrogen) atoms. The molecule has 0 bridgehead atoms. The van der Waals surface area contributed by atoms with Crippen molar-refractivity contribution in [1.29, 1.82) is 0 Å². The topological polar surface area (TPSA) is 76.1 Å². The largest absolute Gasteiger partial charge is 0.497 e. The van der Waals surface area contributed by atoms with Crippen molar-refractivity contribution in [2.75, 3.05) is 20.3 Å². The van der Waals surface area contributed by atoms with Crippen LogP contribution in [0.25, 0.3) is 0 Å². The quantitative estimate of drug-likeness (QED) is 0.855. The monoisotopic (exact) mass is 293 g/mol. The molecule has 1 unspecified atom stereocenters. The summed E-state index contributed by atoms with van der Waals surface area (Å²) in [5, 5.41) is 8.70. The number of hydrogen-bond donors (Lipinski definition) is 1. The number of rotatable bonds is 6. The summed E-state index contributed by atoms with van der Waals surface area (Å²) in [5.74, 6) is -0.152. The number of carbonyl (C=O) groups is 2. The summed E-state index contributed by atoms with van der Waals surface area (Å²) in [6.45, 7) is 0.939. The Kier molecular flexibility index (Phi) is 5.16. The highest BCUT2D eigenvalue weighted by Crippen LogP contribution is 2.17. The highest BCUT2D eigenvalue weighted by Gasteiger charge is 2.26. The molecule has 1 amide bonds. The predicted molar refractivity (Wildman–Crippen MR) is 75.0 cm³/mol. The Morgan fingerprint density at radius 1 is 1.43 bits per heavy atom. The van der Waals surface area contributed by atoms with Gasteiger partial charge in [-0.15, -0.1) is 0 Å². The highest BCUT2D eigenvalue weighted by atomic mass is 16.5. The molecule has 1 N–H and O–H groups in total. The predicted octanol–water partition coefficient (Wildman–Crippen LogP) is 1.29. The maximum atomic E-state index is 11.9. The fourth-order valence-electron chi connectivity index (χ4n) is 2.24. The molecule has 1 aliphatic rings. The summed E-state index contributed by atoms with van der Waals surface area (Å²) in [4.78, 5) is 24.2. The molecule has 0 aliphatic carbocycles. The Labute approximate surface area is 123 Å². The summed E-state index contributed by atoms with van der Waals surface area (Å²) in [7, 11) is 1.60. The van der Waals surface area contributed by atoms with E-state index in [4.69, 9.17) is 14.6 Å². The number of carbonyl (C=O) groups excluding carboxylic acids is 1. The van der Waals surface area contributed by atoms with Crippen LogP contribution in [-0.2, 0) is 20.9 Å². The zero-order valence-electron chi connectivity index (χ0n) is 11.9. The van der Waals surface area contributed by atoms with Crippen LogP contribution in [0.4, 0.5) is 0 Å². The number of aliphatic carboxylic acids is 1. The van der Waals surface area contributed by atoms with Crippen LogP contribution in [0.2, 0.25) is 0 Å². The maximum Gasteiger partial charge on any atom is 0.303 e. The summed E-state index contributed by atoms with van der Waals surface area (Å²) < 4.78 is 10.5. The van der Waals surface area contributed by atoms with E-state index in [0.29, 0.717) is 19.5 Å². The first-order valence-electron chi connectivity index (χ1n) is 6.82. The number of morpholine rings is 1. The second-order valence-electron chi connectivity index (χ2n) is 4.99. The third kappa shape index (κ3) is 4.46. The number of carboxylic acid groups (broad SMARTS) is 1. The van der Waals surface area contributed by atoms with E-state index in [2.05, 4.69) is 0 Å². The highest BCUT2D eigenvalue weighted by molar-refractivity contribution is 5.78. The van der Waals surface area contributed by atoms with Crippen LogP contribution in [0.15, 0.2) is 24.3 Å². The number of benzene rings is 1. The minimum atomic E-state index is -0.850. The fraction of sp³-hybridized carbons (Fsp3) is 0.467. The molecule has 2 rings (SSSR count). The van der Waals surface area contributed by atoms with Gasteiger partial charge in [0.15, 0.2) is 0 Å². The van der Waals surface area contributed by atoms with Gasteiger partial charge in [-0.1, -0.05) is 12.1 Å². The standard InChI is InChI=1S/C15H19NO5/c1-20-12-4-2-11(3-5-12)8-16-9-13(6-7-15(18)19)21-10-14(16)17/h2-5,13H,6-10H2,1H3,(H,18,19). The fourth-order valence-corrected chi connectivity index (χ4v) is 2.24. The summed E-state index contributed by atoms with van der Waals surface area (Å²) in [5.41, 5.74) is 1.00. The Bertz CT molecular complexity index is 499. The van der Waals surface area contributed by atoms with Crippen LogP contribution in [0.1, 0.15) is 18.4 Å². The Hall–Kier alpha value is -2.08. The molecule has 0 radical (unpaired) electrons. The Morgan fingerprint density at radius 2 is 2.14 bits per heavy atom. The first kappa shape index (κ1) is 15.3. The van der Waals surface area contributed by atoms with Crippen molar-refractivity contribution in [1.82, 2.24) is 4.90 Å². The van der Waals surface area contributed by atoms with Crippen molar-refractivity contribution in [2.24, 2.45) is 0 Å². The minimum absolute atomic E-state index is 0.0143. The third-order valence-corrected chi connectivity index (χ3v) is 3.43. The lowest BCUT2D eigenvalue weighted by Gasteiger charge is -2.32. The molecule has 0 spiro atoms. The van der Waals surface area contributed by atoms with Crippen LogP contribution in [0.5, 0.6) is 5.75 Å². The number of carboxylic acids is 1. The lowest BCUT2D eigenvalue weighted by atomic mass is 10.1. The van der Waals surface area contributed by atoms with Gasteiger partial charge in [-0.25, -0.2) is 0 Å². The average molecular weight is 293 g/mol. The number of nitrogens with zero attached hydrogens (tertiary/aromatic N) is 1. The van der Waals surface area contributed by atoms with Crippen molar-refractivity contribution < 1.29 is 24.2 Å². The summed E-state index contributed by atoms with van der Waals surface area (Å²) in [6.07, 6.45) is 0.258. The van der Waals surface area contributed by atoms with E-state index in [1.165, 1.54) is 0 Å². The van der Waals surface area contributed by atoms with Gasteiger partial charge in [0.25, 0.3) is 0 Å². The van der Waals surface area contributed by atoms with Crippen molar-refractivity contribution in [2.45, 2.75) is 25.5 Å². The van der Waals surface area contributed by atoms with E-state index < -0.39 is 5.97 Å². The molecule has 1 heterocycles. The molecule has 1 fully saturated rings. The lowest BCUT2D eigenvalue weighted by Crippen LogP contribution is -2.46. The van der Waals surface area contributed by atoms with Crippen LogP contribution in [-0.4, -0.2) is 48.2 Å². The van der Waals surface area contributed by atoms with Gasteiger partial charge in [0, 0.05) is 19.5 Å². The van der Waals surface area contributed by atoms with E-state index in [0.717, 1.165) is 11.3 Å². The van der Waals surface area contributed by atoms with Gasteiger partial charge in [0.2, 0.25) is 5.91 Å².